The smallest absolute Gasteiger partial charge is 0.103 e. The average Bonchev–Trinajstić information content (AvgIpc) is 2.22. The van der Waals surface area contributed by atoms with E-state index in [0.717, 1.165) is 19.3 Å². The lowest BCUT2D eigenvalue weighted by Gasteiger charge is -2.42. The number of methoxy groups -OCH3 is 1. The molecule has 4 atom stereocenters. The van der Waals surface area contributed by atoms with Gasteiger partial charge in [0.15, 0.2) is 0 Å². The summed E-state index contributed by atoms with van der Waals surface area (Å²) in [5.74, 6) is 0.232. The molecule has 1 aliphatic rings. The fraction of sp³-hybridized carbons (Fsp3) is 1.00. The minimum Gasteiger partial charge on any atom is -0.384 e. The van der Waals surface area contributed by atoms with Crippen molar-refractivity contribution >= 4 is 7.85 Å². The lowest BCUT2D eigenvalue weighted by molar-refractivity contribution is -0.0124. The number of ether oxygens (including phenoxy) is 1. The number of hydrogen-bond donors (Lipinski definition) is 0. The summed E-state index contributed by atoms with van der Waals surface area (Å²) in [7, 11) is 7.61. The Morgan fingerprint density at radius 2 is 2.13 bits per heavy atom. The van der Waals surface area contributed by atoms with Gasteiger partial charge in [0.05, 0.1) is 14.5 Å². The van der Waals surface area contributed by atoms with Crippen LogP contribution < -0.4 is 0 Å². The molecule has 0 aromatic rings. The topological polar surface area (TPSA) is 9.23 Å². The Labute approximate surface area is 94.2 Å². The van der Waals surface area contributed by atoms with Gasteiger partial charge in [0.1, 0.15) is 6.17 Å². The molecule has 0 aromatic heterocycles. The van der Waals surface area contributed by atoms with Gasteiger partial charge in [0, 0.05) is 7.11 Å². The Morgan fingerprint density at radius 1 is 1.47 bits per heavy atom. The maximum absolute atomic E-state index is 13.9. The zero-order valence-corrected chi connectivity index (χ0v) is 10.1. The van der Waals surface area contributed by atoms with E-state index in [1.807, 2.05) is 0 Å². The van der Waals surface area contributed by atoms with E-state index in [1.165, 1.54) is 0 Å². The maximum atomic E-state index is 13.9. The molecule has 1 fully saturated rings. The van der Waals surface area contributed by atoms with Gasteiger partial charge >= 0.3 is 0 Å². The molecule has 1 saturated carbocycles. The second kappa shape index (κ2) is 5.33. The van der Waals surface area contributed by atoms with Gasteiger partial charge in [0.25, 0.3) is 0 Å². The highest BCUT2D eigenvalue weighted by Gasteiger charge is 2.41. The van der Waals surface area contributed by atoms with Crippen molar-refractivity contribution in [2.24, 2.45) is 11.3 Å². The summed E-state index contributed by atoms with van der Waals surface area (Å²) in [6.07, 6.45) is 2.48. The fourth-order valence-electron chi connectivity index (χ4n) is 2.69. The molecule has 1 aliphatic carbocycles. The minimum atomic E-state index is -0.704. The zero-order valence-electron chi connectivity index (χ0n) is 10.1. The van der Waals surface area contributed by atoms with Crippen LogP contribution >= 0.6 is 0 Å². The van der Waals surface area contributed by atoms with Gasteiger partial charge in [-0.3, -0.25) is 0 Å². The van der Waals surface area contributed by atoms with Crippen LogP contribution in [0.1, 0.15) is 39.5 Å². The predicted octanol–water partition coefficient (Wildman–Crippen LogP) is 3.14. The Bertz CT molecular complexity index is 200. The van der Waals surface area contributed by atoms with Crippen LogP contribution in [-0.4, -0.2) is 27.7 Å². The van der Waals surface area contributed by atoms with E-state index in [0.29, 0.717) is 13.0 Å². The second-order valence-electron chi connectivity index (χ2n) is 5.14. The lowest BCUT2D eigenvalue weighted by Crippen LogP contribution is -2.40. The van der Waals surface area contributed by atoms with Crippen LogP contribution in [0.3, 0.4) is 0 Å². The molecule has 0 saturated heterocycles. The van der Waals surface area contributed by atoms with Crippen molar-refractivity contribution in [2.45, 2.75) is 51.5 Å². The molecule has 3 heteroatoms. The van der Waals surface area contributed by atoms with Gasteiger partial charge in [0.2, 0.25) is 0 Å². The molecule has 0 spiro atoms. The molecule has 0 N–H and O–H groups in total. The van der Waals surface area contributed by atoms with E-state index < -0.39 is 6.17 Å². The number of halogens is 1. The third-order valence-electron chi connectivity index (χ3n) is 3.98. The summed E-state index contributed by atoms with van der Waals surface area (Å²) in [6.45, 7) is 4.85. The third-order valence-corrected chi connectivity index (χ3v) is 3.98. The van der Waals surface area contributed by atoms with Gasteiger partial charge < -0.3 is 4.74 Å². The summed E-state index contributed by atoms with van der Waals surface area (Å²) in [6, 6.07) is 0. The SMILES string of the molecule is [B]C1CCC(F)C(C(C)(CC)COC)C1. The highest BCUT2D eigenvalue weighted by molar-refractivity contribution is 6.11. The summed E-state index contributed by atoms with van der Waals surface area (Å²) in [5, 5.41) is 0. The van der Waals surface area contributed by atoms with Crippen LogP contribution in [-0.2, 0) is 4.74 Å². The van der Waals surface area contributed by atoms with Gasteiger partial charge in [-0.25, -0.2) is 4.39 Å². The summed E-state index contributed by atoms with van der Waals surface area (Å²) in [5.41, 5.74) is -0.0633. The van der Waals surface area contributed by atoms with Crippen molar-refractivity contribution in [1.82, 2.24) is 0 Å². The largest absolute Gasteiger partial charge is 0.384 e. The molecular weight excluding hydrogens is 190 g/mol. The molecular formula is C12H22BFO. The Balaban J connectivity index is 2.72. The molecule has 4 unspecified atom stereocenters. The van der Waals surface area contributed by atoms with E-state index >= 15 is 0 Å². The Morgan fingerprint density at radius 3 is 2.67 bits per heavy atom. The van der Waals surface area contributed by atoms with E-state index in [-0.39, 0.29) is 17.2 Å². The van der Waals surface area contributed by atoms with Gasteiger partial charge in [-0.2, -0.15) is 0 Å². The van der Waals surface area contributed by atoms with Crippen molar-refractivity contribution < 1.29 is 9.13 Å². The molecule has 0 amide bonds. The minimum absolute atomic E-state index is 0.0613. The van der Waals surface area contributed by atoms with E-state index in [2.05, 4.69) is 13.8 Å². The fourth-order valence-corrected chi connectivity index (χ4v) is 2.69. The summed E-state index contributed by atoms with van der Waals surface area (Å²) >= 11 is 0. The molecule has 0 heterocycles. The van der Waals surface area contributed by atoms with Crippen LogP contribution in [0.4, 0.5) is 4.39 Å². The van der Waals surface area contributed by atoms with Crippen LogP contribution in [0, 0.1) is 11.3 Å². The highest BCUT2D eigenvalue weighted by atomic mass is 19.1. The number of alkyl halides is 1. The molecule has 0 aliphatic heterocycles. The first-order chi connectivity index (χ1) is 7.03. The zero-order chi connectivity index (χ0) is 11.5. The standard InChI is InChI=1S/C12H22BFO/c1-4-12(2,8-15-3)10-7-9(13)5-6-11(10)14/h9-11H,4-8H2,1-3H3. The van der Waals surface area contributed by atoms with Crippen LogP contribution in [0.2, 0.25) is 5.82 Å². The first kappa shape index (κ1) is 13.0. The average molecular weight is 212 g/mol. The summed E-state index contributed by atoms with van der Waals surface area (Å²) < 4.78 is 19.1. The normalized spacial score (nSPS) is 36.1. The number of rotatable bonds is 4. The molecule has 15 heavy (non-hydrogen) atoms. The first-order valence-corrected chi connectivity index (χ1v) is 5.92. The maximum Gasteiger partial charge on any atom is 0.103 e. The van der Waals surface area contributed by atoms with Crippen molar-refractivity contribution in [3.63, 3.8) is 0 Å². The number of hydrogen-bond acceptors (Lipinski definition) is 1. The van der Waals surface area contributed by atoms with Gasteiger partial charge in [-0.15, -0.1) is 0 Å². The van der Waals surface area contributed by atoms with E-state index in [9.17, 15) is 4.39 Å². The third kappa shape index (κ3) is 2.96. The van der Waals surface area contributed by atoms with Gasteiger partial charge in [-0.05, 0) is 24.2 Å². The van der Waals surface area contributed by atoms with Crippen molar-refractivity contribution in [3.8, 4) is 0 Å². The van der Waals surface area contributed by atoms with E-state index in [4.69, 9.17) is 12.6 Å². The van der Waals surface area contributed by atoms with Gasteiger partial charge in [-0.1, -0.05) is 32.5 Å². The Hall–Kier alpha value is -0.0451. The molecule has 2 radical (unpaired) electrons. The first-order valence-electron chi connectivity index (χ1n) is 5.92. The Kier molecular flexibility index (Phi) is 4.63. The van der Waals surface area contributed by atoms with Crippen molar-refractivity contribution in [3.05, 3.63) is 0 Å². The van der Waals surface area contributed by atoms with Crippen LogP contribution in [0.15, 0.2) is 0 Å². The van der Waals surface area contributed by atoms with Crippen LogP contribution in [0.5, 0.6) is 0 Å². The second-order valence-corrected chi connectivity index (χ2v) is 5.14. The molecule has 0 aromatic carbocycles. The monoisotopic (exact) mass is 212 g/mol. The van der Waals surface area contributed by atoms with Crippen molar-refractivity contribution in [1.29, 1.82) is 0 Å². The molecule has 86 valence electrons. The van der Waals surface area contributed by atoms with E-state index in [1.54, 1.807) is 7.11 Å². The van der Waals surface area contributed by atoms with Crippen molar-refractivity contribution in [2.75, 3.05) is 13.7 Å². The lowest BCUT2D eigenvalue weighted by atomic mass is 9.61. The quantitative estimate of drug-likeness (QED) is 0.650. The molecule has 1 nitrogen and oxygen atoms in total. The summed E-state index contributed by atoms with van der Waals surface area (Å²) in [4.78, 5) is 0. The molecule has 0 bridgehead atoms. The predicted molar refractivity (Wildman–Crippen MR) is 62.0 cm³/mol. The van der Waals surface area contributed by atoms with Crippen LogP contribution in [0.25, 0.3) is 0 Å². The highest BCUT2D eigenvalue weighted by Crippen LogP contribution is 2.45. The molecule has 1 rings (SSSR count).